The first-order valence-electron chi connectivity index (χ1n) is 7.81. The van der Waals surface area contributed by atoms with Crippen LogP contribution in [0.15, 0.2) is 29.2 Å². The van der Waals surface area contributed by atoms with E-state index in [1.54, 1.807) is 28.6 Å². The third-order valence-electron chi connectivity index (χ3n) is 3.84. The van der Waals surface area contributed by atoms with Crippen molar-refractivity contribution < 1.29 is 13.2 Å². The van der Waals surface area contributed by atoms with Crippen LogP contribution < -0.4 is 4.74 Å². The van der Waals surface area contributed by atoms with Gasteiger partial charge in [0.05, 0.1) is 11.0 Å². The summed E-state index contributed by atoms with van der Waals surface area (Å²) >= 11 is 0. The Kier molecular flexibility index (Phi) is 5.47. The molecule has 1 aliphatic rings. The van der Waals surface area contributed by atoms with Gasteiger partial charge in [0.1, 0.15) is 5.75 Å². The fourth-order valence-corrected chi connectivity index (χ4v) is 3.99. The smallest absolute Gasteiger partial charge is 0.243 e. The third-order valence-corrected chi connectivity index (χ3v) is 5.75. The first kappa shape index (κ1) is 17.2. The van der Waals surface area contributed by atoms with E-state index in [0.29, 0.717) is 29.8 Å². The predicted octanol–water partition coefficient (Wildman–Crippen LogP) is 2.19. The SMILES string of the molecule is CC(C)Oc1ccc(S(=O)(=O)N2CCN(C(C)C)CC2)cc1. The highest BCUT2D eigenvalue weighted by atomic mass is 32.2. The number of rotatable bonds is 5. The molecule has 0 spiro atoms. The molecule has 1 aromatic carbocycles. The summed E-state index contributed by atoms with van der Waals surface area (Å²) in [4.78, 5) is 2.63. The molecule has 0 aliphatic carbocycles. The van der Waals surface area contributed by atoms with Crippen LogP contribution in [0.4, 0.5) is 0 Å². The molecule has 124 valence electrons. The molecule has 1 aromatic rings. The number of sulfonamides is 1. The van der Waals surface area contributed by atoms with Gasteiger partial charge in [-0.15, -0.1) is 0 Å². The number of ether oxygens (including phenoxy) is 1. The molecule has 1 heterocycles. The van der Waals surface area contributed by atoms with E-state index in [1.165, 1.54) is 0 Å². The molecular weight excluding hydrogens is 300 g/mol. The zero-order chi connectivity index (χ0) is 16.3. The van der Waals surface area contributed by atoms with Crippen LogP contribution in [-0.2, 0) is 10.0 Å². The highest BCUT2D eigenvalue weighted by Gasteiger charge is 2.29. The van der Waals surface area contributed by atoms with Crippen LogP contribution in [0.3, 0.4) is 0 Å². The molecular formula is C16H26N2O3S. The van der Waals surface area contributed by atoms with Crippen molar-refractivity contribution in [1.82, 2.24) is 9.21 Å². The summed E-state index contributed by atoms with van der Waals surface area (Å²) in [7, 11) is -3.41. The van der Waals surface area contributed by atoms with Gasteiger partial charge in [-0.3, -0.25) is 4.90 Å². The zero-order valence-corrected chi connectivity index (χ0v) is 14.6. The largest absolute Gasteiger partial charge is 0.491 e. The maximum Gasteiger partial charge on any atom is 0.243 e. The molecule has 6 heteroatoms. The lowest BCUT2D eigenvalue weighted by atomic mass is 10.3. The Labute approximate surface area is 133 Å². The summed E-state index contributed by atoms with van der Waals surface area (Å²) in [5, 5.41) is 0. The molecule has 1 aliphatic heterocycles. The van der Waals surface area contributed by atoms with Gasteiger partial charge in [0.2, 0.25) is 10.0 Å². The standard InChI is InChI=1S/C16H26N2O3S/c1-13(2)17-9-11-18(12-10-17)22(19,20)16-7-5-15(6-8-16)21-14(3)4/h5-8,13-14H,9-12H2,1-4H3. The van der Waals surface area contributed by atoms with Crippen molar-refractivity contribution in [3.63, 3.8) is 0 Å². The van der Waals surface area contributed by atoms with Crippen LogP contribution in [0, 0.1) is 0 Å². The molecule has 1 saturated heterocycles. The maximum absolute atomic E-state index is 12.7. The lowest BCUT2D eigenvalue weighted by Gasteiger charge is -2.36. The van der Waals surface area contributed by atoms with Gasteiger partial charge in [0.15, 0.2) is 0 Å². The molecule has 2 rings (SSSR count). The summed E-state index contributed by atoms with van der Waals surface area (Å²) in [6.45, 7) is 10.8. The molecule has 0 bridgehead atoms. The topological polar surface area (TPSA) is 49.9 Å². The Morgan fingerprint density at radius 3 is 1.95 bits per heavy atom. The Morgan fingerprint density at radius 1 is 0.955 bits per heavy atom. The quantitative estimate of drug-likeness (QED) is 0.832. The molecule has 0 radical (unpaired) electrons. The van der Waals surface area contributed by atoms with Gasteiger partial charge in [-0.2, -0.15) is 4.31 Å². The Balaban J connectivity index is 2.07. The van der Waals surface area contributed by atoms with E-state index in [2.05, 4.69) is 18.7 Å². The van der Waals surface area contributed by atoms with Gasteiger partial charge in [-0.1, -0.05) is 0 Å². The summed E-state index contributed by atoms with van der Waals surface area (Å²) in [6.07, 6.45) is 0.0755. The Hall–Kier alpha value is -1.11. The third kappa shape index (κ3) is 4.00. The van der Waals surface area contributed by atoms with Crippen LogP contribution in [0.25, 0.3) is 0 Å². The second-order valence-electron chi connectivity index (χ2n) is 6.17. The summed E-state index contributed by atoms with van der Waals surface area (Å²) in [5.41, 5.74) is 0. The number of benzene rings is 1. The molecule has 5 nitrogen and oxygen atoms in total. The van der Waals surface area contributed by atoms with Gasteiger partial charge in [0, 0.05) is 32.2 Å². The fraction of sp³-hybridized carbons (Fsp3) is 0.625. The van der Waals surface area contributed by atoms with Crippen molar-refractivity contribution in [3.05, 3.63) is 24.3 Å². The minimum atomic E-state index is -3.41. The van der Waals surface area contributed by atoms with Crippen LogP contribution in [0.1, 0.15) is 27.7 Å². The summed E-state index contributed by atoms with van der Waals surface area (Å²) in [5.74, 6) is 0.693. The Morgan fingerprint density at radius 2 is 1.50 bits per heavy atom. The van der Waals surface area contributed by atoms with Crippen molar-refractivity contribution in [3.8, 4) is 5.75 Å². The van der Waals surface area contributed by atoms with E-state index in [-0.39, 0.29) is 6.10 Å². The van der Waals surface area contributed by atoms with Crippen molar-refractivity contribution in [1.29, 1.82) is 0 Å². The van der Waals surface area contributed by atoms with E-state index < -0.39 is 10.0 Å². The predicted molar refractivity (Wildman–Crippen MR) is 87.7 cm³/mol. The number of hydrogen-bond acceptors (Lipinski definition) is 4. The zero-order valence-electron chi connectivity index (χ0n) is 13.8. The lowest BCUT2D eigenvalue weighted by molar-refractivity contribution is 0.154. The van der Waals surface area contributed by atoms with E-state index >= 15 is 0 Å². The summed E-state index contributed by atoms with van der Waals surface area (Å²) < 4.78 is 32.5. The lowest BCUT2D eigenvalue weighted by Crippen LogP contribution is -2.50. The monoisotopic (exact) mass is 326 g/mol. The van der Waals surface area contributed by atoms with Crippen molar-refractivity contribution in [2.75, 3.05) is 26.2 Å². The van der Waals surface area contributed by atoms with Gasteiger partial charge in [0.25, 0.3) is 0 Å². The van der Waals surface area contributed by atoms with Gasteiger partial charge in [-0.05, 0) is 52.0 Å². The van der Waals surface area contributed by atoms with Gasteiger partial charge in [-0.25, -0.2) is 8.42 Å². The van der Waals surface area contributed by atoms with Crippen molar-refractivity contribution in [2.45, 2.75) is 44.7 Å². The molecule has 0 atom stereocenters. The molecule has 1 fully saturated rings. The average Bonchev–Trinajstić information content (AvgIpc) is 2.47. The molecule has 0 N–H and O–H groups in total. The highest BCUT2D eigenvalue weighted by molar-refractivity contribution is 7.89. The molecule has 0 unspecified atom stereocenters. The average molecular weight is 326 g/mol. The van der Waals surface area contributed by atoms with Crippen molar-refractivity contribution >= 4 is 10.0 Å². The highest BCUT2D eigenvalue weighted by Crippen LogP contribution is 2.21. The first-order valence-corrected chi connectivity index (χ1v) is 9.25. The Bertz CT molecular complexity index is 574. The molecule has 22 heavy (non-hydrogen) atoms. The second-order valence-corrected chi connectivity index (χ2v) is 8.11. The minimum absolute atomic E-state index is 0.0755. The summed E-state index contributed by atoms with van der Waals surface area (Å²) in [6, 6.07) is 7.15. The van der Waals surface area contributed by atoms with Crippen molar-refractivity contribution in [2.24, 2.45) is 0 Å². The normalized spacial score (nSPS) is 18.1. The van der Waals surface area contributed by atoms with E-state index in [1.807, 2.05) is 13.8 Å². The second kappa shape index (κ2) is 6.98. The number of hydrogen-bond donors (Lipinski definition) is 0. The maximum atomic E-state index is 12.7. The number of piperazine rings is 1. The first-order chi connectivity index (χ1) is 10.3. The van der Waals surface area contributed by atoms with Crippen LogP contribution in [0.5, 0.6) is 5.75 Å². The molecule has 0 saturated carbocycles. The molecule has 0 aromatic heterocycles. The van der Waals surface area contributed by atoms with Crippen LogP contribution in [-0.4, -0.2) is 55.9 Å². The van der Waals surface area contributed by atoms with Gasteiger partial charge < -0.3 is 4.74 Å². The van der Waals surface area contributed by atoms with E-state index in [4.69, 9.17) is 4.74 Å². The van der Waals surface area contributed by atoms with E-state index in [0.717, 1.165) is 13.1 Å². The minimum Gasteiger partial charge on any atom is -0.491 e. The van der Waals surface area contributed by atoms with E-state index in [9.17, 15) is 8.42 Å². The molecule has 0 amide bonds. The van der Waals surface area contributed by atoms with Crippen LogP contribution in [0.2, 0.25) is 0 Å². The van der Waals surface area contributed by atoms with Crippen LogP contribution >= 0.6 is 0 Å². The fourth-order valence-electron chi connectivity index (χ4n) is 2.57. The number of nitrogens with zero attached hydrogens (tertiary/aromatic N) is 2. The van der Waals surface area contributed by atoms with Gasteiger partial charge >= 0.3 is 0 Å².